The molecule has 0 aromatic heterocycles. The fourth-order valence-electron chi connectivity index (χ4n) is 2.65. The molecule has 5 nitrogen and oxygen atoms in total. The maximum atomic E-state index is 12.6. The molecule has 1 atom stereocenters. The molecule has 0 aliphatic heterocycles. The second-order valence-corrected chi connectivity index (χ2v) is 6.05. The topological polar surface area (TPSA) is 81.4 Å². The summed E-state index contributed by atoms with van der Waals surface area (Å²) in [6, 6.07) is 23.8. The second-order valence-electron chi connectivity index (χ2n) is 6.05. The average molecular weight is 360 g/mol. The van der Waals surface area contributed by atoms with Crippen LogP contribution < -0.4 is 15.8 Å². The lowest BCUT2D eigenvalue weighted by molar-refractivity contribution is -0.122. The van der Waals surface area contributed by atoms with Crippen molar-refractivity contribution in [2.75, 3.05) is 5.32 Å². The Labute approximate surface area is 157 Å². The number of para-hydroxylation sites is 1. The highest BCUT2D eigenvalue weighted by Crippen LogP contribution is 2.27. The summed E-state index contributed by atoms with van der Waals surface area (Å²) in [6.45, 7) is 1.67. The van der Waals surface area contributed by atoms with E-state index in [1.807, 2.05) is 54.6 Å². The highest BCUT2D eigenvalue weighted by molar-refractivity contribution is 5.98. The normalized spacial score (nSPS) is 11.4. The van der Waals surface area contributed by atoms with E-state index in [1.54, 1.807) is 31.2 Å². The van der Waals surface area contributed by atoms with Crippen LogP contribution in [0.2, 0.25) is 0 Å². The van der Waals surface area contributed by atoms with Gasteiger partial charge in [-0.2, -0.15) is 0 Å². The van der Waals surface area contributed by atoms with Gasteiger partial charge in [-0.3, -0.25) is 9.59 Å². The molecule has 0 saturated carbocycles. The molecule has 1 unspecified atom stereocenters. The zero-order valence-corrected chi connectivity index (χ0v) is 14.9. The predicted molar refractivity (Wildman–Crippen MR) is 106 cm³/mol. The van der Waals surface area contributed by atoms with Crippen LogP contribution in [0.4, 0.5) is 5.69 Å². The highest BCUT2D eigenvalue weighted by atomic mass is 16.5. The van der Waals surface area contributed by atoms with Crippen molar-refractivity contribution < 1.29 is 14.3 Å². The molecule has 0 fully saturated rings. The molecule has 0 saturated heterocycles. The van der Waals surface area contributed by atoms with Gasteiger partial charge in [0.2, 0.25) is 5.91 Å². The van der Waals surface area contributed by atoms with Gasteiger partial charge in [0, 0.05) is 16.8 Å². The Hall–Kier alpha value is -3.60. The third kappa shape index (κ3) is 4.52. The third-order valence-electron chi connectivity index (χ3n) is 4.09. The molecule has 2 amide bonds. The average Bonchev–Trinajstić information content (AvgIpc) is 2.69. The van der Waals surface area contributed by atoms with Crippen LogP contribution in [0, 0.1) is 0 Å². The SMILES string of the molecule is CC(Oc1ccc(C(N)=O)cc1)C(=O)Nc1ccccc1-c1ccccc1. The molecule has 0 bridgehead atoms. The number of nitrogens with one attached hydrogen (secondary N) is 1. The van der Waals surface area contributed by atoms with Crippen LogP contribution in [0.1, 0.15) is 17.3 Å². The van der Waals surface area contributed by atoms with Crippen LogP contribution in [0.15, 0.2) is 78.9 Å². The van der Waals surface area contributed by atoms with E-state index in [4.69, 9.17) is 10.5 Å². The van der Waals surface area contributed by atoms with Crippen molar-refractivity contribution in [2.24, 2.45) is 5.73 Å². The summed E-state index contributed by atoms with van der Waals surface area (Å²) in [5.74, 6) is -0.291. The van der Waals surface area contributed by atoms with Crippen molar-refractivity contribution >= 4 is 17.5 Å². The van der Waals surface area contributed by atoms with Gasteiger partial charge in [0.1, 0.15) is 5.75 Å². The third-order valence-corrected chi connectivity index (χ3v) is 4.09. The van der Waals surface area contributed by atoms with Crippen LogP contribution in [-0.2, 0) is 4.79 Å². The minimum Gasteiger partial charge on any atom is -0.481 e. The van der Waals surface area contributed by atoms with Gasteiger partial charge in [-0.25, -0.2) is 0 Å². The monoisotopic (exact) mass is 360 g/mol. The molecule has 136 valence electrons. The van der Waals surface area contributed by atoms with Gasteiger partial charge in [-0.05, 0) is 42.8 Å². The Morgan fingerprint density at radius 3 is 2.19 bits per heavy atom. The summed E-state index contributed by atoms with van der Waals surface area (Å²) < 4.78 is 5.66. The number of amides is 2. The summed E-state index contributed by atoms with van der Waals surface area (Å²) >= 11 is 0. The number of primary amides is 1. The molecule has 3 aromatic rings. The number of nitrogens with two attached hydrogens (primary N) is 1. The van der Waals surface area contributed by atoms with E-state index >= 15 is 0 Å². The van der Waals surface area contributed by atoms with E-state index in [0.29, 0.717) is 17.0 Å². The van der Waals surface area contributed by atoms with Gasteiger partial charge in [-0.15, -0.1) is 0 Å². The van der Waals surface area contributed by atoms with Crippen molar-refractivity contribution in [3.05, 3.63) is 84.4 Å². The van der Waals surface area contributed by atoms with Gasteiger partial charge in [-0.1, -0.05) is 48.5 Å². The lowest BCUT2D eigenvalue weighted by Gasteiger charge is -2.17. The summed E-state index contributed by atoms with van der Waals surface area (Å²) in [5, 5.41) is 2.92. The van der Waals surface area contributed by atoms with E-state index in [-0.39, 0.29) is 5.91 Å². The standard InChI is InChI=1S/C22H20N2O3/c1-15(27-18-13-11-17(12-14-18)21(23)25)22(26)24-20-10-6-5-9-19(20)16-7-3-2-4-8-16/h2-15H,1H3,(H2,23,25)(H,24,26). The fraction of sp³-hybridized carbons (Fsp3) is 0.0909. The maximum Gasteiger partial charge on any atom is 0.265 e. The molecule has 3 rings (SSSR count). The first kappa shape index (κ1) is 18.2. The number of hydrogen-bond donors (Lipinski definition) is 2. The van der Waals surface area contributed by atoms with Crippen LogP contribution in [0.3, 0.4) is 0 Å². The molecule has 0 aliphatic rings. The van der Waals surface area contributed by atoms with Crippen molar-refractivity contribution in [3.63, 3.8) is 0 Å². The lowest BCUT2D eigenvalue weighted by Crippen LogP contribution is -2.30. The molecule has 3 N–H and O–H groups in total. The molecule has 0 spiro atoms. The Kier molecular flexibility index (Phi) is 5.52. The van der Waals surface area contributed by atoms with Crippen molar-refractivity contribution in [2.45, 2.75) is 13.0 Å². The summed E-state index contributed by atoms with van der Waals surface area (Å²) in [6.07, 6.45) is -0.715. The smallest absolute Gasteiger partial charge is 0.265 e. The molecule has 0 radical (unpaired) electrons. The summed E-state index contributed by atoms with van der Waals surface area (Å²) in [7, 11) is 0. The van der Waals surface area contributed by atoms with Crippen LogP contribution in [0.5, 0.6) is 5.75 Å². The van der Waals surface area contributed by atoms with Crippen molar-refractivity contribution in [3.8, 4) is 16.9 Å². The minimum atomic E-state index is -0.715. The largest absolute Gasteiger partial charge is 0.481 e. The molecule has 5 heteroatoms. The zero-order valence-electron chi connectivity index (χ0n) is 14.9. The Bertz CT molecular complexity index is 937. The zero-order chi connectivity index (χ0) is 19.2. The first-order valence-electron chi connectivity index (χ1n) is 8.56. The molecular weight excluding hydrogens is 340 g/mol. The molecule has 0 heterocycles. The molecule has 0 aliphatic carbocycles. The van der Waals surface area contributed by atoms with Crippen molar-refractivity contribution in [1.82, 2.24) is 0 Å². The first-order chi connectivity index (χ1) is 13.0. The number of rotatable bonds is 6. The van der Waals surface area contributed by atoms with Crippen molar-refractivity contribution in [1.29, 1.82) is 0 Å². The number of carbonyl (C=O) groups is 2. The first-order valence-corrected chi connectivity index (χ1v) is 8.56. The number of anilines is 1. The fourth-order valence-corrected chi connectivity index (χ4v) is 2.65. The van der Waals surface area contributed by atoms with Crippen LogP contribution in [-0.4, -0.2) is 17.9 Å². The van der Waals surface area contributed by atoms with Gasteiger partial charge in [0.25, 0.3) is 5.91 Å². The van der Waals surface area contributed by atoms with E-state index < -0.39 is 12.0 Å². The highest BCUT2D eigenvalue weighted by Gasteiger charge is 2.17. The van der Waals surface area contributed by atoms with Crippen LogP contribution in [0.25, 0.3) is 11.1 Å². The quantitative estimate of drug-likeness (QED) is 0.700. The van der Waals surface area contributed by atoms with Gasteiger partial charge < -0.3 is 15.8 Å². The van der Waals surface area contributed by atoms with E-state index in [2.05, 4.69) is 5.32 Å². The number of hydrogen-bond acceptors (Lipinski definition) is 3. The predicted octanol–water partition coefficient (Wildman–Crippen LogP) is 3.86. The summed E-state index contributed by atoms with van der Waals surface area (Å²) in [5.41, 5.74) is 8.27. The molecule has 27 heavy (non-hydrogen) atoms. The second kappa shape index (κ2) is 8.19. The minimum absolute atomic E-state index is 0.266. The lowest BCUT2D eigenvalue weighted by atomic mass is 10.0. The molecular formula is C22H20N2O3. The Morgan fingerprint density at radius 1 is 0.889 bits per heavy atom. The Morgan fingerprint density at radius 2 is 1.52 bits per heavy atom. The van der Waals surface area contributed by atoms with E-state index in [1.165, 1.54) is 0 Å². The maximum absolute atomic E-state index is 12.6. The Balaban J connectivity index is 1.71. The van der Waals surface area contributed by atoms with Crippen LogP contribution >= 0.6 is 0 Å². The van der Waals surface area contributed by atoms with E-state index in [0.717, 1.165) is 11.1 Å². The number of carbonyl (C=O) groups excluding carboxylic acids is 2. The van der Waals surface area contributed by atoms with Gasteiger partial charge >= 0.3 is 0 Å². The number of benzene rings is 3. The molecule has 3 aromatic carbocycles. The van der Waals surface area contributed by atoms with Gasteiger partial charge in [0.05, 0.1) is 0 Å². The summed E-state index contributed by atoms with van der Waals surface area (Å²) in [4.78, 5) is 23.7. The van der Waals surface area contributed by atoms with Gasteiger partial charge in [0.15, 0.2) is 6.10 Å². The number of ether oxygens (including phenoxy) is 1. The van der Waals surface area contributed by atoms with E-state index in [9.17, 15) is 9.59 Å².